The summed E-state index contributed by atoms with van der Waals surface area (Å²) in [5.41, 5.74) is 0.282. The van der Waals surface area contributed by atoms with Crippen molar-refractivity contribution in [2.45, 2.75) is 71.4 Å². The van der Waals surface area contributed by atoms with Crippen molar-refractivity contribution in [1.29, 1.82) is 0 Å². The molecule has 0 aliphatic carbocycles. The first kappa shape index (κ1) is 34.3. The monoisotopic (exact) mass is 691 g/mol. The molecule has 246 valence electrons. The minimum Gasteiger partial charge on any atom is -0.497 e. The molecule has 0 radical (unpaired) electrons. The number of anilines is 1. The summed E-state index contributed by atoms with van der Waals surface area (Å²) in [7, 11) is 3.22. The van der Waals surface area contributed by atoms with E-state index in [0.29, 0.717) is 39.8 Å². The Bertz CT molecular complexity index is 1500. The van der Waals surface area contributed by atoms with E-state index in [1.807, 2.05) is 22.6 Å². The van der Waals surface area contributed by atoms with E-state index < -0.39 is 35.4 Å². The Morgan fingerprint density at radius 2 is 1.82 bits per heavy atom. The Morgan fingerprint density at radius 1 is 1.09 bits per heavy atom. The van der Waals surface area contributed by atoms with Gasteiger partial charge in [-0.05, 0) is 69.6 Å². The highest BCUT2D eigenvalue weighted by Crippen LogP contribution is 2.33. The zero-order valence-electron chi connectivity index (χ0n) is 27.0. The fourth-order valence-electron chi connectivity index (χ4n) is 4.74. The average Bonchev–Trinajstić information content (AvgIpc) is 3.31. The molecule has 3 aromatic rings. The van der Waals surface area contributed by atoms with Gasteiger partial charge in [-0.2, -0.15) is 0 Å². The van der Waals surface area contributed by atoms with Crippen molar-refractivity contribution in [2.75, 3.05) is 45.9 Å². The largest absolute Gasteiger partial charge is 0.497 e. The summed E-state index contributed by atoms with van der Waals surface area (Å²) in [6.45, 7) is 11.3. The maximum absolute atomic E-state index is 13.3. The Morgan fingerprint density at radius 3 is 2.49 bits per heavy atom. The SMILES string of the molecule is COc1ccc(CNc2nccn3c([C@H]4CN(C(=O)OC(C)(C)C)[C@H](COCC(=O)OC(C)(C)C)CO4)nc(Br)c23)c(OC)c1. The summed E-state index contributed by atoms with van der Waals surface area (Å²) in [4.78, 5) is 36.4. The minimum atomic E-state index is -0.714. The average molecular weight is 693 g/mol. The number of esters is 1. The van der Waals surface area contributed by atoms with Crippen LogP contribution in [0.3, 0.4) is 0 Å². The lowest BCUT2D eigenvalue weighted by Gasteiger charge is -2.39. The van der Waals surface area contributed by atoms with Gasteiger partial charge < -0.3 is 33.7 Å². The molecule has 14 heteroatoms. The van der Waals surface area contributed by atoms with Crippen LogP contribution in [0.1, 0.15) is 59.0 Å². The Hall–Kier alpha value is -3.62. The number of benzene rings is 1. The molecule has 45 heavy (non-hydrogen) atoms. The maximum atomic E-state index is 13.3. The molecular formula is C31H42BrN5O8. The Kier molecular flexibility index (Phi) is 10.8. The van der Waals surface area contributed by atoms with Crippen LogP contribution >= 0.6 is 15.9 Å². The zero-order chi connectivity index (χ0) is 32.9. The van der Waals surface area contributed by atoms with Gasteiger partial charge in [-0.25, -0.2) is 19.6 Å². The molecule has 0 spiro atoms. The lowest BCUT2D eigenvalue weighted by molar-refractivity contribution is -0.161. The van der Waals surface area contributed by atoms with Crippen LogP contribution in [0.25, 0.3) is 5.52 Å². The van der Waals surface area contributed by atoms with E-state index in [-0.39, 0.29) is 26.4 Å². The second kappa shape index (κ2) is 14.2. The second-order valence-electron chi connectivity index (χ2n) is 12.5. The first-order valence-corrected chi connectivity index (χ1v) is 15.4. The molecular weight excluding hydrogens is 650 g/mol. The van der Waals surface area contributed by atoms with Crippen LogP contribution in [-0.2, 0) is 30.3 Å². The maximum Gasteiger partial charge on any atom is 0.410 e. The Balaban J connectivity index is 1.53. The van der Waals surface area contributed by atoms with Crippen LogP contribution < -0.4 is 14.8 Å². The van der Waals surface area contributed by atoms with E-state index in [9.17, 15) is 9.59 Å². The number of amides is 1. The number of hydrogen-bond acceptors (Lipinski definition) is 11. The minimum absolute atomic E-state index is 0.0596. The number of halogens is 1. The third-order valence-corrected chi connectivity index (χ3v) is 7.19. The molecule has 0 unspecified atom stereocenters. The summed E-state index contributed by atoms with van der Waals surface area (Å²) >= 11 is 3.59. The molecule has 1 amide bonds. The molecule has 1 saturated heterocycles. The van der Waals surface area contributed by atoms with Crippen LogP contribution in [0, 0.1) is 0 Å². The van der Waals surface area contributed by atoms with Gasteiger partial charge in [-0.15, -0.1) is 0 Å². The lowest BCUT2D eigenvalue weighted by atomic mass is 10.1. The summed E-state index contributed by atoms with van der Waals surface area (Å²) in [5, 5.41) is 3.38. The highest BCUT2D eigenvalue weighted by Gasteiger charge is 2.38. The van der Waals surface area contributed by atoms with Gasteiger partial charge in [0.25, 0.3) is 0 Å². The number of morpholine rings is 1. The van der Waals surface area contributed by atoms with Gasteiger partial charge >= 0.3 is 12.1 Å². The Labute approximate surface area is 271 Å². The van der Waals surface area contributed by atoms with Crippen molar-refractivity contribution in [3.63, 3.8) is 0 Å². The summed E-state index contributed by atoms with van der Waals surface area (Å²) in [6, 6.07) is 5.13. The number of nitrogens with one attached hydrogen (secondary N) is 1. The number of fused-ring (bicyclic) bond motifs is 1. The van der Waals surface area contributed by atoms with E-state index in [1.165, 1.54) is 0 Å². The van der Waals surface area contributed by atoms with Crippen LogP contribution in [-0.4, -0.2) is 89.2 Å². The molecule has 1 fully saturated rings. The number of carbonyl (C=O) groups is 2. The molecule has 1 N–H and O–H groups in total. The number of methoxy groups -OCH3 is 2. The van der Waals surface area contributed by atoms with Crippen LogP contribution in [0.4, 0.5) is 10.6 Å². The van der Waals surface area contributed by atoms with Gasteiger partial charge in [0, 0.05) is 30.6 Å². The fraction of sp³-hybridized carbons (Fsp3) is 0.548. The van der Waals surface area contributed by atoms with Gasteiger partial charge in [-0.1, -0.05) is 0 Å². The molecule has 4 rings (SSSR count). The number of hydrogen-bond donors (Lipinski definition) is 1. The molecule has 2 atom stereocenters. The standard InChI is InChI=1S/C31H42BrN5O8/c1-30(2,3)44-24(38)18-42-16-20-17-43-23(15-37(20)29(39)45-31(4,5)6)28-35-26(32)25-27(33-11-12-36(25)28)34-14-19-9-10-21(40-7)13-22(19)41-8/h9-13,20,23H,14-18H2,1-8H3,(H,33,34)/t20-,23-/m1/s1. The van der Waals surface area contributed by atoms with Crippen LogP contribution in [0.2, 0.25) is 0 Å². The molecule has 1 aliphatic heterocycles. The lowest BCUT2D eigenvalue weighted by Crippen LogP contribution is -2.53. The van der Waals surface area contributed by atoms with Crippen molar-refractivity contribution in [3.05, 3.63) is 46.6 Å². The number of ether oxygens (including phenoxy) is 6. The summed E-state index contributed by atoms with van der Waals surface area (Å²) < 4.78 is 36.2. The van der Waals surface area contributed by atoms with Crippen molar-refractivity contribution < 1.29 is 38.0 Å². The highest BCUT2D eigenvalue weighted by molar-refractivity contribution is 9.10. The van der Waals surface area contributed by atoms with Crippen molar-refractivity contribution in [3.8, 4) is 11.5 Å². The van der Waals surface area contributed by atoms with E-state index in [4.69, 9.17) is 33.4 Å². The second-order valence-corrected chi connectivity index (χ2v) is 13.2. The number of imidazole rings is 1. The molecule has 2 aromatic heterocycles. The van der Waals surface area contributed by atoms with Crippen molar-refractivity contribution in [2.24, 2.45) is 0 Å². The quantitative estimate of drug-likeness (QED) is 0.283. The van der Waals surface area contributed by atoms with E-state index in [1.54, 1.807) is 73.1 Å². The molecule has 0 saturated carbocycles. The van der Waals surface area contributed by atoms with Crippen LogP contribution in [0.15, 0.2) is 35.2 Å². The number of nitrogens with zero attached hydrogens (tertiary/aromatic N) is 4. The molecule has 0 bridgehead atoms. The molecule has 1 aromatic carbocycles. The van der Waals surface area contributed by atoms with Gasteiger partial charge in [-0.3, -0.25) is 9.30 Å². The third-order valence-electron chi connectivity index (χ3n) is 6.64. The first-order valence-electron chi connectivity index (χ1n) is 14.6. The smallest absolute Gasteiger partial charge is 0.410 e. The van der Waals surface area contributed by atoms with Gasteiger partial charge in [0.2, 0.25) is 0 Å². The predicted molar refractivity (Wildman–Crippen MR) is 170 cm³/mol. The predicted octanol–water partition coefficient (Wildman–Crippen LogP) is 5.16. The van der Waals surface area contributed by atoms with Crippen molar-refractivity contribution >= 4 is 39.3 Å². The number of rotatable bonds is 10. The topological polar surface area (TPSA) is 135 Å². The third kappa shape index (κ3) is 8.98. The zero-order valence-corrected chi connectivity index (χ0v) is 28.6. The molecule has 1 aliphatic rings. The van der Waals surface area contributed by atoms with Gasteiger partial charge in [0.1, 0.15) is 51.4 Å². The summed E-state index contributed by atoms with van der Waals surface area (Å²) in [5.74, 6) is 2.06. The molecule has 13 nitrogen and oxygen atoms in total. The molecule has 3 heterocycles. The van der Waals surface area contributed by atoms with E-state index in [2.05, 4.69) is 26.2 Å². The van der Waals surface area contributed by atoms with Gasteiger partial charge in [0.05, 0.1) is 40.0 Å². The van der Waals surface area contributed by atoms with Crippen molar-refractivity contribution in [1.82, 2.24) is 19.3 Å². The van der Waals surface area contributed by atoms with E-state index in [0.717, 1.165) is 5.56 Å². The normalized spacial score (nSPS) is 17.2. The number of aromatic nitrogens is 3. The van der Waals surface area contributed by atoms with E-state index >= 15 is 0 Å². The number of carbonyl (C=O) groups excluding carboxylic acids is 2. The highest BCUT2D eigenvalue weighted by atomic mass is 79.9. The van der Waals surface area contributed by atoms with Gasteiger partial charge in [0.15, 0.2) is 5.82 Å². The fourth-order valence-corrected chi connectivity index (χ4v) is 5.30. The first-order chi connectivity index (χ1) is 21.2. The van der Waals surface area contributed by atoms with Crippen LogP contribution in [0.5, 0.6) is 11.5 Å². The summed E-state index contributed by atoms with van der Waals surface area (Å²) in [6.07, 6.45) is 2.35.